The van der Waals surface area contributed by atoms with Crippen LogP contribution in [0.5, 0.6) is 0 Å². The number of aromatic nitrogens is 1. The summed E-state index contributed by atoms with van der Waals surface area (Å²) in [5.74, 6) is 0.0693. The molecule has 29 heavy (non-hydrogen) atoms. The monoisotopic (exact) mass is 411 g/mol. The fourth-order valence-electron chi connectivity index (χ4n) is 3.91. The molecule has 0 bridgehead atoms. The van der Waals surface area contributed by atoms with Crippen molar-refractivity contribution in [1.29, 1.82) is 0 Å². The zero-order valence-corrected chi connectivity index (χ0v) is 17.3. The number of nitrogens with one attached hydrogen (secondary N) is 1. The number of piperazine rings is 1. The number of para-hydroxylation sites is 1. The van der Waals surface area contributed by atoms with Crippen LogP contribution >= 0.6 is 12.4 Å². The van der Waals surface area contributed by atoms with Crippen LogP contribution in [0.2, 0.25) is 0 Å². The van der Waals surface area contributed by atoms with Gasteiger partial charge in [-0.2, -0.15) is 0 Å². The predicted octanol–water partition coefficient (Wildman–Crippen LogP) is 3.16. The van der Waals surface area contributed by atoms with Crippen LogP contribution in [0.1, 0.15) is 24.1 Å². The molecule has 1 N–H and O–H groups in total. The Morgan fingerprint density at radius 3 is 2.62 bits per heavy atom. The van der Waals surface area contributed by atoms with E-state index in [-0.39, 0.29) is 36.3 Å². The van der Waals surface area contributed by atoms with Gasteiger partial charge in [-0.15, -0.1) is 12.4 Å². The number of amides is 1. The van der Waals surface area contributed by atoms with E-state index in [4.69, 9.17) is 0 Å². The van der Waals surface area contributed by atoms with Gasteiger partial charge in [0.05, 0.1) is 11.6 Å². The van der Waals surface area contributed by atoms with Gasteiger partial charge in [-0.25, -0.2) is 0 Å². The molecule has 1 fully saturated rings. The minimum absolute atomic E-state index is 0. The first-order valence-electron chi connectivity index (χ1n) is 9.84. The molecule has 4 rings (SSSR count). The highest BCUT2D eigenvalue weighted by molar-refractivity contribution is 5.85. The third-order valence-corrected chi connectivity index (χ3v) is 5.53. The van der Waals surface area contributed by atoms with E-state index < -0.39 is 0 Å². The third-order valence-electron chi connectivity index (χ3n) is 5.53. The summed E-state index contributed by atoms with van der Waals surface area (Å²) in [4.78, 5) is 27.3. The average molecular weight is 412 g/mol. The molecule has 1 amide bonds. The SMILES string of the molecule is CCc1ccc(C2CNCCN2C(=O)Cn2ccc(=O)c3ccccc32)cc1.Cl. The Morgan fingerprint density at radius 2 is 1.86 bits per heavy atom. The molecule has 1 unspecified atom stereocenters. The maximum atomic E-state index is 13.2. The largest absolute Gasteiger partial charge is 0.338 e. The maximum absolute atomic E-state index is 13.2. The van der Waals surface area contributed by atoms with E-state index in [0.717, 1.165) is 30.6 Å². The summed E-state index contributed by atoms with van der Waals surface area (Å²) in [5.41, 5.74) is 3.23. The third kappa shape index (κ3) is 4.36. The molecule has 1 aromatic heterocycles. The molecule has 1 aliphatic rings. The standard InChI is InChI=1S/C23H25N3O2.ClH/c1-2-17-7-9-18(10-8-17)21-15-24-12-14-26(21)23(28)16-25-13-11-22(27)19-5-3-4-6-20(19)25;/h3-11,13,21,24H,2,12,14-16H2,1H3;1H. The number of halogens is 1. The van der Waals surface area contributed by atoms with Gasteiger partial charge in [-0.05, 0) is 29.7 Å². The van der Waals surface area contributed by atoms with Gasteiger partial charge in [-0.1, -0.05) is 43.3 Å². The van der Waals surface area contributed by atoms with E-state index in [1.807, 2.05) is 33.7 Å². The Morgan fingerprint density at radius 1 is 1.10 bits per heavy atom. The highest BCUT2D eigenvalue weighted by Crippen LogP contribution is 2.23. The van der Waals surface area contributed by atoms with Crippen LogP contribution in [0.3, 0.4) is 0 Å². The zero-order chi connectivity index (χ0) is 19.5. The Balaban J connectivity index is 0.00000240. The van der Waals surface area contributed by atoms with Crippen molar-refractivity contribution in [3.63, 3.8) is 0 Å². The highest BCUT2D eigenvalue weighted by atomic mass is 35.5. The van der Waals surface area contributed by atoms with Gasteiger partial charge >= 0.3 is 0 Å². The number of aryl methyl sites for hydroxylation is 1. The normalized spacial score (nSPS) is 16.4. The number of hydrogen-bond donors (Lipinski definition) is 1. The maximum Gasteiger partial charge on any atom is 0.243 e. The Hall–Kier alpha value is -2.63. The number of nitrogens with zero attached hydrogens (tertiary/aromatic N) is 2. The highest BCUT2D eigenvalue weighted by Gasteiger charge is 2.28. The number of fused-ring (bicyclic) bond motifs is 1. The number of rotatable bonds is 4. The number of carbonyl (C=O) groups excluding carboxylic acids is 1. The van der Waals surface area contributed by atoms with Crippen molar-refractivity contribution in [3.8, 4) is 0 Å². The minimum Gasteiger partial charge on any atom is -0.338 e. The minimum atomic E-state index is -0.0182. The number of hydrogen-bond acceptors (Lipinski definition) is 3. The van der Waals surface area contributed by atoms with Crippen molar-refractivity contribution < 1.29 is 4.79 Å². The van der Waals surface area contributed by atoms with Crippen molar-refractivity contribution >= 4 is 29.2 Å². The van der Waals surface area contributed by atoms with Crippen molar-refractivity contribution in [2.75, 3.05) is 19.6 Å². The Bertz CT molecular complexity index is 1050. The van der Waals surface area contributed by atoms with Crippen LogP contribution in [-0.2, 0) is 17.8 Å². The fourth-order valence-corrected chi connectivity index (χ4v) is 3.91. The molecule has 0 saturated carbocycles. The molecule has 152 valence electrons. The quantitative estimate of drug-likeness (QED) is 0.717. The molecule has 3 aromatic rings. The molecular formula is C23H26ClN3O2. The number of pyridine rings is 1. The molecule has 1 atom stereocenters. The summed E-state index contributed by atoms with van der Waals surface area (Å²) < 4.78 is 1.87. The molecule has 6 heteroatoms. The van der Waals surface area contributed by atoms with Crippen LogP contribution in [0.15, 0.2) is 65.6 Å². The van der Waals surface area contributed by atoms with Gasteiger partial charge in [0, 0.05) is 37.3 Å². The van der Waals surface area contributed by atoms with Gasteiger partial charge in [-0.3, -0.25) is 9.59 Å². The van der Waals surface area contributed by atoms with E-state index in [9.17, 15) is 9.59 Å². The lowest BCUT2D eigenvalue weighted by molar-refractivity contribution is -0.135. The molecule has 1 saturated heterocycles. The lowest BCUT2D eigenvalue weighted by Crippen LogP contribution is -2.49. The molecular weight excluding hydrogens is 386 g/mol. The molecule has 0 radical (unpaired) electrons. The molecule has 1 aliphatic heterocycles. The zero-order valence-electron chi connectivity index (χ0n) is 16.5. The average Bonchev–Trinajstić information content (AvgIpc) is 2.76. The predicted molar refractivity (Wildman–Crippen MR) is 119 cm³/mol. The molecule has 5 nitrogen and oxygen atoms in total. The molecule has 2 heterocycles. The van der Waals surface area contributed by atoms with Crippen LogP contribution in [-0.4, -0.2) is 35.0 Å². The Labute approximate surface area is 176 Å². The van der Waals surface area contributed by atoms with Crippen molar-refractivity contribution in [2.24, 2.45) is 0 Å². The summed E-state index contributed by atoms with van der Waals surface area (Å²) in [6, 6.07) is 17.5. The molecule has 0 spiro atoms. The number of carbonyl (C=O) groups is 1. The van der Waals surface area contributed by atoms with Gasteiger partial charge in [0.2, 0.25) is 5.91 Å². The van der Waals surface area contributed by atoms with Gasteiger partial charge in [0.1, 0.15) is 6.54 Å². The summed E-state index contributed by atoms with van der Waals surface area (Å²) in [6.07, 6.45) is 2.72. The second kappa shape index (κ2) is 9.25. The van der Waals surface area contributed by atoms with Crippen LogP contribution in [0, 0.1) is 0 Å². The lowest BCUT2D eigenvalue weighted by Gasteiger charge is -2.37. The lowest BCUT2D eigenvalue weighted by atomic mass is 10.0. The number of benzene rings is 2. The summed E-state index contributed by atoms with van der Waals surface area (Å²) in [7, 11) is 0. The molecule has 0 aliphatic carbocycles. The second-order valence-electron chi connectivity index (χ2n) is 7.23. The van der Waals surface area contributed by atoms with Gasteiger partial charge in [0.15, 0.2) is 5.43 Å². The first-order chi connectivity index (χ1) is 13.7. The molecule has 2 aromatic carbocycles. The summed E-state index contributed by atoms with van der Waals surface area (Å²) >= 11 is 0. The van der Waals surface area contributed by atoms with Crippen molar-refractivity contribution in [2.45, 2.75) is 25.9 Å². The van der Waals surface area contributed by atoms with E-state index in [2.05, 4.69) is 36.5 Å². The van der Waals surface area contributed by atoms with Crippen molar-refractivity contribution in [3.05, 3.63) is 82.1 Å². The topological polar surface area (TPSA) is 54.3 Å². The van der Waals surface area contributed by atoms with Crippen molar-refractivity contribution in [1.82, 2.24) is 14.8 Å². The van der Waals surface area contributed by atoms with E-state index in [1.54, 1.807) is 6.20 Å². The van der Waals surface area contributed by atoms with E-state index >= 15 is 0 Å². The first-order valence-corrected chi connectivity index (χ1v) is 9.84. The van der Waals surface area contributed by atoms with Crippen LogP contribution < -0.4 is 10.7 Å². The first kappa shape index (κ1) is 21.1. The second-order valence-corrected chi connectivity index (χ2v) is 7.23. The van der Waals surface area contributed by atoms with Crippen LogP contribution in [0.25, 0.3) is 10.9 Å². The summed E-state index contributed by atoms with van der Waals surface area (Å²) in [5, 5.41) is 4.05. The van der Waals surface area contributed by atoms with E-state index in [1.165, 1.54) is 11.6 Å². The van der Waals surface area contributed by atoms with Gasteiger partial charge in [0.25, 0.3) is 0 Å². The van der Waals surface area contributed by atoms with Gasteiger partial charge < -0.3 is 14.8 Å². The van der Waals surface area contributed by atoms with Crippen LogP contribution in [0.4, 0.5) is 0 Å². The smallest absolute Gasteiger partial charge is 0.243 e. The Kier molecular flexibility index (Phi) is 6.72. The summed E-state index contributed by atoms with van der Waals surface area (Å²) in [6.45, 7) is 4.59. The van der Waals surface area contributed by atoms with E-state index in [0.29, 0.717) is 11.9 Å². The fraction of sp³-hybridized carbons (Fsp3) is 0.304.